The summed E-state index contributed by atoms with van der Waals surface area (Å²) in [5.41, 5.74) is 0.688. The molecule has 0 saturated heterocycles. The topological polar surface area (TPSA) is 12.0 Å². The van der Waals surface area contributed by atoms with Crippen LogP contribution in [-0.4, -0.2) is 6.54 Å². The van der Waals surface area contributed by atoms with Crippen LogP contribution in [0.4, 0.5) is 8.78 Å². The maximum absolute atomic E-state index is 13.3. The lowest BCUT2D eigenvalue weighted by Crippen LogP contribution is -2.23. The number of halogens is 2. The van der Waals surface area contributed by atoms with Crippen molar-refractivity contribution in [1.82, 2.24) is 5.32 Å². The molecule has 21 heavy (non-hydrogen) atoms. The normalized spacial score (nSPS) is 12.6. The first-order valence-electron chi connectivity index (χ1n) is 7.39. The van der Waals surface area contributed by atoms with Crippen molar-refractivity contribution in [1.29, 1.82) is 0 Å². The molecule has 1 nitrogen and oxygen atoms in total. The molecule has 0 amide bonds. The van der Waals surface area contributed by atoms with E-state index in [2.05, 4.69) is 31.3 Å². The van der Waals surface area contributed by atoms with Gasteiger partial charge in [0.15, 0.2) is 0 Å². The molecule has 0 spiro atoms. The Labute approximate surface area is 129 Å². The predicted molar refractivity (Wildman–Crippen MR) is 84.8 cm³/mol. The molecule has 1 N–H and O–H groups in total. The number of nitrogens with one attached hydrogen (secondary N) is 1. The molecule has 2 rings (SSSR count). The van der Waals surface area contributed by atoms with Gasteiger partial charge in [-0.05, 0) is 55.6 Å². The number of hydrogen-bond acceptors (Lipinski definition) is 2. The Kier molecular flexibility index (Phi) is 5.88. The summed E-state index contributed by atoms with van der Waals surface area (Å²) in [5.74, 6) is -1.03. The molecule has 1 aromatic heterocycles. The Balaban J connectivity index is 2.19. The molecule has 1 unspecified atom stereocenters. The summed E-state index contributed by atoms with van der Waals surface area (Å²) in [6, 6.07) is 8.10. The molecule has 114 valence electrons. The third kappa shape index (κ3) is 4.61. The first-order chi connectivity index (χ1) is 10.1. The van der Waals surface area contributed by atoms with Crippen LogP contribution in [0.25, 0.3) is 0 Å². The summed E-state index contributed by atoms with van der Waals surface area (Å²) in [4.78, 5) is 2.56. The van der Waals surface area contributed by atoms with Gasteiger partial charge >= 0.3 is 0 Å². The third-order valence-corrected chi connectivity index (χ3v) is 4.72. The van der Waals surface area contributed by atoms with Crippen molar-refractivity contribution in [3.05, 3.63) is 57.3 Å². The summed E-state index contributed by atoms with van der Waals surface area (Å²) in [6.07, 6.45) is 2.64. The van der Waals surface area contributed by atoms with E-state index in [0.29, 0.717) is 12.0 Å². The quantitative estimate of drug-likeness (QED) is 0.769. The highest BCUT2D eigenvalue weighted by Gasteiger charge is 2.15. The van der Waals surface area contributed by atoms with Crippen molar-refractivity contribution < 1.29 is 8.78 Å². The Hall–Kier alpha value is -1.26. The molecule has 4 heteroatoms. The van der Waals surface area contributed by atoms with Gasteiger partial charge in [0.1, 0.15) is 11.6 Å². The third-order valence-electron chi connectivity index (χ3n) is 3.38. The molecule has 0 aliphatic heterocycles. The zero-order valence-corrected chi connectivity index (χ0v) is 13.3. The van der Waals surface area contributed by atoms with E-state index in [0.717, 1.165) is 25.5 Å². The van der Waals surface area contributed by atoms with Gasteiger partial charge in [0.25, 0.3) is 0 Å². The van der Waals surface area contributed by atoms with Gasteiger partial charge in [-0.1, -0.05) is 13.8 Å². The van der Waals surface area contributed by atoms with Crippen LogP contribution >= 0.6 is 11.3 Å². The largest absolute Gasteiger partial charge is 0.309 e. The molecule has 0 saturated carbocycles. The van der Waals surface area contributed by atoms with Gasteiger partial charge < -0.3 is 5.32 Å². The fourth-order valence-electron chi connectivity index (χ4n) is 2.33. The highest BCUT2D eigenvalue weighted by Crippen LogP contribution is 2.27. The number of thiophene rings is 1. The van der Waals surface area contributed by atoms with E-state index in [1.165, 1.54) is 21.9 Å². The summed E-state index contributed by atoms with van der Waals surface area (Å²) < 4.78 is 26.7. The fraction of sp³-hybridized carbons (Fsp3) is 0.412. The zero-order chi connectivity index (χ0) is 15.2. The lowest BCUT2D eigenvalue weighted by molar-refractivity contribution is 0.529. The van der Waals surface area contributed by atoms with E-state index in [1.807, 2.05) is 0 Å². The molecule has 0 bridgehead atoms. The van der Waals surface area contributed by atoms with Crippen molar-refractivity contribution >= 4 is 11.3 Å². The minimum atomic E-state index is -0.514. The molecule has 1 aromatic carbocycles. The second kappa shape index (κ2) is 7.66. The van der Waals surface area contributed by atoms with Gasteiger partial charge in [-0.15, -0.1) is 11.3 Å². The Morgan fingerprint density at radius 3 is 2.38 bits per heavy atom. The van der Waals surface area contributed by atoms with Gasteiger partial charge in [-0.25, -0.2) is 8.78 Å². The second-order valence-corrected chi connectivity index (χ2v) is 6.35. The van der Waals surface area contributed by atoms with Gasteiger partial charge in [-0.3, -0.25) is 0 Å². The average molecular weight is 309 g/mol. The van der Waals surface area contributed by atoms with E-state index in [1.54, 1.807) is 11.3 Å². The Bertz CT molecular complexity index is 560. The highest BCUT2D eigenvalue weighted by atomic mass is 32.1. The van der Waals surface area contributed by atoms with Crippen molar-refractivity contribution in [2.24, 2.45) is 0 Å². The van der Waals surface area contributed by atoms with Gasteiger partial charge in [0.2, 0.25) is 0 Å². The molecule has 0 aliphatic rings. The maximum Gasteiger partial charge on any atom is 0.126 e. The molecule has 1 heterocycles. The molecule has 1 atom stereocenters. The Morgan fingerprint density at radius 2 is 1.81 bits per heavy atom. The number of rotatable bonds is 7. The van der Waals surface area contributed by atoms with Crippen LogP contribution in [0.1, 0.15) is 41.6 Å². The summed E-state index contributed by atoms with van der Waals surface area (Å²) in [6.45, 7) is 5.13. The van der Waals surface area contributed by atoms with E-state index >= 15 is 0 Å². The monoisotopic (exact) mass is 309 g/mol. The van der Waals surface area contributed by atoms with Gasteiger partial charge in [0.05, 0.1) is 0 Å². The maximum atomic E-state index is 13.3. The number of hydrogen-bond donors (Lipinski definition) is 1. The fourth-order valence-corrected chi connectivity index (χ4v) is 3.36. The SMILES string of the molecule is CCCNC(Cc1cc(F)cc(F)c1)c1ccc(CC)s1. The number of aryl methyl sites for hydroxylation is 1. The van der Waals surface area contributed by atoms with Crippen LogP contribution < -0.4 is 5.32 Å². The summed E-state index contributed by atoms with van der Waals surface area (Å²) in [5, 5.41) is 3.48. The predicted octanol–water partition coefficient (Wildman–Crippen LogP) is 4.87. The highest BCUT2D eigenvalue weighted by molar-refractivity contribution is 7.12. The Morgan fingerprint density at radius 1 is 1.10 bits per heavy atom. The van der Waals surface area contributed by atoms with Crippen LogP contribution in [0.5, 0.6) is 0 Å². The van der Waals surface area contributed by atoms with Crippen LogP contribution in [0, 0.1) is 11.6 Å². The molecule has 2 aromatic rings. The molecule has 0 radical (unpaired) electrons. The van der Waals surface area contributed by atoms with E-state index in [9.17, 15) is 8.78 Å². The number of benzene rings is 1. The first kappa shape index (κ1) is 16.1. The van der Waals surface area contributed by atoms with Crippen molar-refractivity contribution in [3.8, 4) is 0 Å². The summed E-state index contributed by atoms with van der Waals surface area (Å²) in [7, 11) is 0. The van der Waals surface area contributed by atoms with Crippen LogP contribution in [-0.2, 0) is 12.8 Å². The minimum Gasteiger partial charge on any atom is -0.309 e. The van der Waals surface area contributed by atoms with Crippen LogP contribution in [0.3, 0.4) is 0 Å². The van der Waals surface area contributed by atoms with Crippen molar-refractivity contribution in [2.45, 2.75) is 39.2 Å². The van der Waals surface area contributed by atoms with Crippen LogP contribution in [0.2, 0.25) is 0 Å². The van der Waals surface area contributed by atoms with Gasteiger partial charge in [0, 0.05) is 21.9 Å². The minimum absolute atomic E-state index is 0.108. The van der Waals surface area contributed by atoms with E-state index in [4.69, 9.17) is 0 Å². The lowest BCUT2D eigenvalue weighted by atomic mass is 10.0. The van der Waals surface area contributed by atoms with Crippen LogP contribution in [0.15, 0.2) is 30.3 Å². The standard InChI is InChI=1S/C17H21F2NS/c1-3-7-20-16(17-6-5-15(4-2)21-17)10-12-8-13(18)11-14(19)9-12/h5-6,8-9,11,16,20H,3-4,7,10H2,1-2H3. The van der Waals surface area contributed by atoms with Gasteiger partial charge in [-0.2, -0.15) is 0 Å². The molecular weight excluding hydrogens is 288 g/mol. The molecule has 0 fully saturated rings. The first-order valence-corrected chi connectivity index (χ1v) is 8.21. The van der Waals surface area contributed by atoms with E-state index in [-0.39, 0.29) is 6.04 Å². The van der Waals surface area contributed by atoms with Crippen molar-refractivity contribution in [2.75, 3.05) is 6.54 Å². The zero-order valence-electron chi connectivity index (χ0n) is 12.5. The van der Waals surface area contributed by atoms with E-state index < -0.39 is 11.6 Å². The smallest absolute Gasteiger partial charge is 0.126 e. The average Bonchev–Trinajstić information content (AvgIpc) is 2.91. The lowest BCUT2D eigenvalue weighted by Gasteiger charge is -2.17. The molecular formula is C17H21F2NS. The van der Waals surface area contributed by atoms with Crippen molar-refractivity contribution in [3.63, 3.8) is 0 Å². The summed E-state index contributed by atoms with van der Waals surface area (Å²) >= 11 is 1.77. The second-order valence-electron chi connectivity index (χ2n) is 5.15. The molecule has 0 aliphatic carbocycles.